The monoisotopic (exact) mass is 576 g/mol. The summed E-state index contributed by atoms with van der Waals surface area (Å²) in [6.45, 7) is 2.03. The molecule has 0 unspecified atom stereocenters. The number of hydrogen-bond acceptors (Lipinski definition) is 4. The van der Waals surface area contributed by atoms with Gasteiger partial charge in [-0.15, -0.1) is 0 Å². The molecule has 0 radical (unpaired) electrons. The second kappa shape index (κ2) is 11.3. The molecule has 3 heterocycles. The SMILES string of the molecule is Cc1ccc2ccc3c(-c4cccc(-c5cc(-c6ccccc6)nc(-c6ccccc6)n5)c4)cc(-c4ccccc4)nc3c2n1. The highest BCUT2D eigenvalue weighted by Gasteiger charge is 2.15. The molecule has 0 amide bonds. The van der Waals surface area contributed by atoms with Crippen LogP contribution in [0.4, 0.5) is 0 Å². The first kappa shape index (κ1) is 26.6. The molecule has 0 bridgehead atoms. The smallest absolute Gasteiger partial charge is 0.160 e. The van der Waals surface area contributed by atoms with Crippen LogP contribution in [0.5, 0.6) is 0 Å². The highest BCUT2D eigenvalue weighted by Crippen LogP contribution is 2.37. The van der Waals surface area contributed by atoms with E-state index in [0.29, 0.717) is 5.82 Å². The summed E-state index contributed by atoms with van der Waals surface area (Å²) in [5, 5.41) is 2.14. The van der Waals surface area contributed by atoms with Gasteiger partial charge in [-0.3, -0.25) is 4.98 Å². The molecule has 0 N–H and O–H groups in total. The van der Waals surface area contributed by atoms with Gasteiger partial charge >= 0.3 is 0 Å². The number of rotatable bonds is 5. The van der Waals surface area contributed by atoms with Crippen LogP contribution < -0.4 is 0 Å². The van der Waals surface area contributed by atoms with Crippen LogP contribution in [-0.2, 0) is 0 Å². The number of nitrogens with zero attached hydrogens (tertiary/aromatic N) is 4. The fourth-order valence-corrected chi connectivity index (χ4v) is 5.88. The van der Waals surface area contributed by atoms with Crippen molar-refractivity contribution in [1.82, 2.24) is 19.9 Å². The van der Waals surface area contributed by atoms with Gasteiger partial charge in [0.2, 0.25) is 0 Å². The molecule has 0 saturated heterocycles. The van der Waals surface area contributed by atoms with Crippen LogP contribution in [0.3, 0.4) is 0 Å². The van der Waals surface area contributed by atoms with Crippen molar-refractivity contribution in [2.24, 2.45) is 0 Å². The highest BCUT2D eigenvalue weighted by atomic mass is 14.9. The lowest BCUT2D eigenvalue weighted by Crippen LogP contribution is -1.96. The van der Waals surface area contributed by atoms with Gasteiger partial charge in [0, 0.05) is 38.7 Å². The van der Waals surface area contributed by atoms with E-state index in [1.54, 1.807) is 0 Å². The quantitative estimate of drug-likeness (QED) is 0.191. The third-order valence-electron chi connectivity index (χ3n) is 8.14. The molecule has 3 aromatic heterocycles. The fourth-order valence-electron chi connectivity index (χ4n) is 5.88. The second-order valence-corrected chi connectivity index (χ2v) is 11.2. The fraction of sp³-hybridized carbons (Fsp3) is 0.0244. The molecule has 0 spiro atoms. The van der Waals surface area contributed by atoms with Crippen LogP contribution in [0.15, 0.2) is 152 Å². The predicted octanol–water partition coefficient (Wildman–Crippen LogP) is 10.2. The van der Waals surface area contributed by atoms with Crippen LogP contribution in [0.2, 0.25) is 0 Å². The number of aromatic nitrogens is 4. The minimum Gasteiger partial charge on any atom is -0.251 e. The molecule has 0 aliphatic rings. The average molecular weight is 577 g/mol. The number of hydrogen-bond donors (Lipinski definition) is 0. The zero-order chi connectivity index (χ0) is 30.2. The van der Waals surface area contributed by atoms with Gasteiger partial charge in [0.1, 0.15) is 0 Å². The van der Waals surface area contributed by atoms with Crippen LogP contribution in [0.1, 0.15) is 5.69 Å². The van der Waals surface area contributed by atoms with Crippen molar-refractivity contribution in [2.45, 2.75) is 6.92 Å². The third kappa shape index (κ3) is 5.13. The van der Waals surface area contributed by atoms with E-state index in [0.717, 1.165) is 78.0 Å². The summed E-state index contributed by atoms with van der Waals surface area (Å²) in [6, 6.07) is 52.2. The molecule has 4 nitrogen and oxygen atoms in total. The molecule has 0 fully saturated rings. The lowest BCUT2D eigenvalue weighted by atomic mass is 9.95. The zero-order valence-corrected chi connectivity index (χ0v) is 24.7. The maximum Gasteiger partial charge on any atom is 0.160 e. The Labute approximate surface area is 261 Å². The molecule has 5 aromatic carbocycles. The van der Waals surface area contributed by atoms with E-state index in [4.69, 9.17) is 19.9 Å². The summed E-state index contributed by atoms with van der Waals surface area (Å²) in [5.74, 6) is 0.700. The summed E-state index contributed by atoms with van der Waals surface area (Å²) in [6.07, 6.45) is 0. The number of aryl methyl sites for hydroxylation is 1. The molecule has 4 heteroatoms. The van der Waals surface area contributed by atoms with Crippen LogP contribution in [0, 0.1) is 6.92 Å². The van der Waals surface area contributed by atoms with E-state index in [1.807, 2.05) is 49.4 Å². The van der Waals surface area contributed by atoms with E-state index in [1.165, 1.54) is 0 Å². The van der Waals surface area contributed by atoms with Crippen LogP contribution >= 0.6 is 0 Å². The van der Waals surface area contributed by atoms with Gasteiger partial charge in [0.05, 0.1) is 28.1 Å². The van der Waals surface area contributed by atoms with Crippen molar-refractivity contribution in [3.8, 4) is 56.3 Å². The highest BCUT2D eigenvalue weighted by molar-refractivity contribution is 6.09. The van der Waals surface area contributed by atoms with Gasteiger partial charge in [-0.25, -0.2) is 15.0 Å². The molecular weight excluding hydrogens is 548 g/mol. The first-order valence-corrected chi connectivity index (χ1v) is 15.1. The first-order chi connectivity index (χ1) is 22.2. The molecule has 8 aromatic rings. The van der Waals surface area contributed by atoms with Gasteiger partial charge in [-0.05, 0) is 42.3 Å². The Morgan fingerprint density at radius 2 is 0.933 bits per heavy atom. The molecule has 0 saturated carbocycles. The molecule has 0 aliphatic heterocycles. The lowest BCUT2D eigenvalue weighted by Gasteiger charge is -2.14. The van der Waals surface area contributed by atoms with E-state index in [-0.39, 0.29) is 0 Å². The van der Waals surface area contributed by atoms with Gasteiger partial charge in [0.15, 0.2) is 5.82 Å². The molecule has 0 aliphatic carbocycles. The molecule has 8 rings (SSSR count). The van der Waals surface area contributed by atoms with E-state index < -0.39 is 0 Å². The van der Waals surface area contributed by atoms with Crippen molar-refractivity contribution < 1.29 is 0 Å². The Morgan fingerprint density at radius 3 is 1.62 bits per heavy atom. The number of benzene rings is 5. The summed E-state index contributed by atoms with van der Waals surface area (Å²) < 4.78 is 0. The Bertz CT molecular complexity index is 2260. The van der Waals surface area contributed by atoms with Crippen LogP contribution in [0.25, 0.3) is 78.1 Å². The summed E-state index contributed by atoms with van der Waals surface area (Å²) in [7, 11) is 0. The molecule has 212 valence electrons. The summed E-state index contributed by atoms with van der Waals surface area (Å²) in [4.78, 5) is 20.2. The van der Waals surface area contributed by atoms with Crippen molar-refractivity contribution in [3.05, 3.63) is 157 Å². The Kier molecular flexibility index (Phi) is 6.65. The van der Waals surface area contributed by atoms with E-state index in [9.17, 15) is 0 Å². The normalized spacial score (nSPS) is 11.2. The zero-order valence-electron chi connectivity index (χ0n) is 24.7. The lowest BCUT2D eigenvalue weighted by molar-refractivity contribution is 1.18. The molecule has 45 heavy (non-hydrogen) atoms. The predicted molar refractivity (Wildman–Crippen MR) is 185 cm³/mol. The third-order valence-corrected chi connectivity index (χ3v) is 8.14. The summed E-state index contributed by atoms with van der Waals surface area (Å²) >= 11 is 0. The Morgan fingerprint density at radius 1 is 0.378 bits per heavy atom. The second-order valence-electron chi connectivity index (χ2n) is 11.2. The first-order valence-electron chi connectivity index (χ1n) is 15.1. The maximum atomic E-state index is 5.19. The van der Waals surface area contributed by atoms with Crippen molar-refractivity contribution >= 4 is 21.8 Å². The maximum absolute atomic E-state index is 5.19. The number of fused-ring (bicyclic) bond motifs is 3. The van der Waals surface area contributed by atoms with Crippen LogP contribution in [-0.4, -0.2) is 19.9 Å². The molecular formula is C41H28N4. The Balaban J connectivity index is 1.34. The Hall–Kier alpha value is -6.00. The van der Waals surface area contributed by atoms with E-state index >= 15 is 0 Å². The van der Waals surface area contributed by atoms with E-state index in [2.05, 4.69) is 109 Å². The van der Waals surface area contributed by atoms with Crippen molar-refractivity contribution in [3.63, 3.8) is 0 Å². The average Bonchev–Trinajstić information content (AvgIpc) is 3.12. The van der Waals surface area contributed by atoms with Gasteiger partial charge in [-0.1, -0.05) is 127 Å². The van der Waals surface area contributed by atoms with Crippen molar-refractivity contribution in [2.75, 3.05) is 0 Å². The minimum absolute atomic E-state index is 0.700. The summed E-state index contributed by atoms with van der Waals surface area (Å²) in [5.41, 5.74) is 11.8. The standard InChI is InChI=1S/C41H28N4/c1-27-20-21-30-22-23-34-35(25-36(28-12-5-2-6-13-28)43-40(34)39(30)42-27)32-18-11-19-33(24-32)38-26-37(29-14-7-3-8-15-29)44-41(45-38)31-16-9-4-10-17-31/h2-26H,1H3. The van der Waals surface area contributed by atoms with Gasteiger partial charge in [-0.2, -0.15) is 0 Å². The minimum atomic E-state index is 0.700. The largest absolute Gasteiger partial charge is 0.251 e. The van der Waals surface area contributed by atoms with Crippen molar-refractivity contribution in [1.29, 1.82) is 0 Å². The molecule has 0 atom stereocenters. The van der Waals surface area contributed by atoms with Gasteiger partial charge in [0.25, 0.3) is 0 Å². The topological polar surface area (TPSA) is 51.6 Å². The number of pyridine rings is 2. The van der Waals surface area contributed by atoms with Gasteiger partial charge < -0.3 is 0 Å².